The maximum Gasteiger partial charge on any atom is 0.410 e. The van der Waals surface area contributed by atoms with E-state index in [4.69, 9.17) is 14.1 Å². The molecule has 3 heterocycles. The number of ether oxygens (including phenoxy) is 1. The number of hydrogen-bond acceptors (Lipinski definition) is 7. The largest absolute Gasteiger partial charge is 0.447 e. The minimum Gasteiger partial charge on any atom is -0.447 e. The van der Waals surface area contributed by atoms with Crippen LogP contribution in [-0.2, 0) is 4.74 Å². The van der Waals surface area contributed by atoms with Gasteiger partial charge in [-0.25, -0.2) is 9.78 Å². The number of likely N-dealkylation sites (tertiary alicyclic amines) is 1. The average molecular weight is 422 g/mol. The summed E-state index contributed by atoms with van der Waals surface area (Å²) in [6.07, 6.45) is 2.95. The molecule has 1 atom stereocenters. The molecule has 0 radical (unpaired) electrons. The first kappa shape index (κ1) is 21.0. The Hall–Kier alpha value is -3.29. The number of nitrogens with zero attached hydrogens (tertiary/aromatic N) is 4. The Kier molecular flexibility index (Phi) is 5.97. The van der Waals surface area contributed by atoms with Crippen molar-refractivity contribution >= 4 is 17.2 Å². The number of fused-ring (bicyclic) bond motifs is 1. The summed E-state index contributed by atoms with van der Waals surface area (Å²) in [6, 6.07) is 9.15. The number of rotatable bonds is 5. The molecule has 4 rings (SSSR count). The fourth-order valence-corrected chi connectivity index (χ4v) is 3.76. The second-order valence-electron chi connectivity index (χ2n) is 8.18. The van der Waals surface area contributed by atoms with Crippen LogP contribution in [0.3, 0.4) is 0 Å². The fourth-order valence-electron chi connectivity index (χ4n) is 3.76. The molecule has 1 amide bonds. The SMILES string of the molecule is CC(C)OC(=O)N1CCC(c2nc3cc(-c4ccc(C(C)N=O)nc4)ccc3o2)CC1. The van der Waals surface area contributed by atoms with E-state index in [2.05, 4.69) is 10.2 Å². The van der Waals surface area contributed by atoms with E-state index in [1.54, 1.807) is 18.0 Å². The molecule has 2 aromatic heterocycles. The van der Waals surface area contributed by atoms with Gasteiger partial charge in [0, 0.05) is 30.8 Å². The highest BCUT2D eigenvalue weighted by Gasteiger charge is 2.28. The van der Waals surface area contributed by atoms with Crippen molar-refractivity contribution in [2.75, 3.05) is 13.1 Å². The molecule has 162 valence electrons. The van der Waals surface area contributed by atoms with Crippen LogP contribution >= 0.6 is 0 Å². The van der Waals surface area contributed by atoms with Gasteiger partial charge in [-0.05, 0) is 57.4 Å². The molecule has 1 aliphatic rings. The summed E-state index contributed by atoms with van der Waals surface area (Å²) in [6.45, 7) is 6.68. The third-order valence-corrected chi connectivity index (χ3v) is 5.55. The summed E-state index contributed by atoms with van der Waals surface area (Å²) in [5, 5.41) is 3.01. The topological polar surface area (TPSA) is 97.9 Å². The van der Waals surface area contributed by atoms with Crippen molar-refractivity contribution < 1.29 is 13.9 Å². The molecule has 0 aliphatic carbocycles. The molecular weight excluding hydrogens is 396 g/mol. The normalized spacial score (nSPS) is 15.9. The minimum atomic E-state index is -0.465. The van der Waals surface area contributed by atoms with Crippen LogP contribution in [-0.4, -0.2) is 40.2 Å². The molecule has 8 nitrogen and oxygen atoms in total. The van der Waals surface area contributed by atoms with E-state index in [9.17, 15) is 9.70 Å². The highest BCUT2D eigenvalue weighted by atomic mass is 16.6. The zero-order valence-corrected chi connectivity index (χ0v) is 17.9. The number of nitroso groups, excluding NO2 is 1. The third-order valence-electron chi connectivity index (χ3n) is 5.55. The average Bonchev–Trinajstić information content (AvgIpc) is 3.21. The van der Waals surface area contributed by atoms with Gasteiger partial charge in [-0.2, -0.15) is 4.91 Å². The van der Waals surface area contributed by atoms with E-state index in [1.165, 1.54) is 0 Å². The zero-order chi connectivity index (χ0) is 22.0. The van der Waals surface area contributed by atoms with E-state index >= 15 is 0 Å². The molecule has 1 unspecified atom stereocenters. The summed E-state index contributed by atoms with van der Waals surface area (Å²) in [7, 11) is 0. The first-order chi connectivity index (χ1) is 14.9. The Bertz CT molecular complexity index is 1070. The van der Waals surface area contributed by atoms with Crippen LogP contribution in [0.15, 0.2) is 46.1 Å². The van der Waals surface area contributed by atoms with Crippen LogP contribution in [0.2, 0.25) is 0 Å². The van der Waals surface area contributed by atoms with Crippen molar-refractivity contribution in [1.82, 2.24) is 14.9 Å². The van der Waals surface area contributed by atoms with Gasteiger partial charge < -0.3 is 14.1 Å². The Morgan fingerprint density at radius 3 is 2.55 bits per heavy atom. The molecule has 1 fully saturated rings. The Labute approximate surface area is 180 Å². The van der Waals surface area contributed by atoms with Crippen LogP contribution < -0.4 is 0 Å². The third kappa shape index (κ3) is 4.57. The van der Waals surface area contributed by atoms with Gasteiger partial charge in [0.05, 0.1) is 11.8 Å². The van der Waals surface area contributed by atoms with E-state index in [0.717, 1.165) is 35.1 Å². The maximum atomic E-state index is 12.1. The number of carbonyl (C=O) groups excluding carboxylic acids is 1. The second kappa shape index (κ2) is 8.83. The number of hydrogen-bond donors (Lipinski definition) is 0. The van der Waals surface area contributed by atoms with Crippen LogP contribution in [0.1, 0.15) is 57.2 Å². The lowest BCUT2D eigenvalue weighted by Gasteiger charge is -2.30. The molecule has 8 heteroatoms. The first-order valence-electron chi connectivity index (χ1n) is 10.6. The molecule has 0 saturated carbocycles. The molecular formula is C23H26N4O4. The molecule has 31 heavy (non-hydrogen) atoms. The summed E-state index contributed by atoms with van der Waals surface area (Å²) >= 11 is 0. The number of benzene rings is 1. The van der Waals surface area contributed by atoms with Gasteiger partial charge in [0.15, 0.2) is 11.5 Å². The van der Waals surface area contributed by atoms with Crippen molar-refractivity contribution in [1.29, 1.82) is 0 Å². The minimum absolute atomic E-state index is 0.118. The monoisotopic (exact) mass is 422 g/mol. The van der Waals surface area contributed by atoms with Gasteiger partial charge in [0.2, 0.25) is 0 Å². The number of oxazole rings is 1. The lowest BCUT2D eigenvalue weighted by molar-refractivity contribution is 0.0681. The standard InChI is InChI=1S/C23H26N4O4/c1-14(2)30-23(28)27-10-8-16(9-11-27)22-25-20-12-17(5-7-21(20)31-22)18-4-6-19(24-13-18)15(3)26-29/h4-7,12-16H,8-11H2,1-3H3. The maximum absolute atomic E-state index is 12.1. The van der Waals surface area contributed by atoms with Crippen molar-refractivity contribution in [3.05, 3.63) is 53.0 Å². The van der Waals surface area contributed by atoms with Gasteiger partial charge in [0.25, 0.3) is 0 Å². The van der Waals surface area contributed by atoms with Crippen LogP contribution in [0.25, 0.3) is 22.2 Å². The predicted octanol–water partition coefficient (Wildman–Crippen LogP) is 5.44. The number of amides is 1. The second-order valence-corrected chi connectivity index (χ2v) is 8.18. The van der Waals surface area contributed by atoms with Crippen molar-refractivity contribution in [2.45, 2.75) is 51.7 Å². The molecule has 0 spiro atoms. The highest BCUT2D eigenvalue weighted by molar-refractivity contribution is 5.80. The van der Waals surface area contributed by atoms with E-state index in [-0.39, 0.29) is 18.1 Å². The van der Waals surface area contributed by atoms with Crippen LogP contribution in [0.4, 0.5) is 4.79 Å². The van der Waals surface area contributed by atoms with Crippen molar-refractivity contribution in [3.8, 4) is 11.1 Å². The molecule has 0 bridgehead atoms. The van der Waals surface area contributed by atoms with Gasteiger partial charge in [-0.3, -0.25) is 4.98 Å². The van der Waals surface area contributed by atoms with E-state index in [1.807, 2.05) is 44.2 Å². The lowest BCUT2D eigenvalue weighted by Crippen LogP contribution is -2.39. The lowest BCUT2D eigenvalue weighted by atomic mass is 9.97. The smallest absolute Gasteiger partial charge is 0.410 e. The van der Waals surface area contributed by atoms with Gasteiger partial charge in [-0.1, -0.05) is 17.3 Å². The number of carbonyl (C=O) groups is 1. The zero-order valence-electron chi connectivity index (χ0n) is 17.9. The quantitative estimate of drug-likeness (QED) is 0.508. The van der Waals surface area contributed by atoms with Crippen molar-refractivity contribution in [3.63, 3.8) is 0 Å². The molecule has 1 aliphatic heterocycles. The number of piperidine rings is 1. The molecule has 1 aromatic carbocycles. The molecule has 1 saturated heterocycles. The first-order valence-corrected chi connectivity index (χ1v) is 10.6. The van der Waals surface area contributed by atoms with Gasteiger partial charge in [-0.15, -0.1) is 0 Å². The number of pyridine rings is 1. The van der Waals surface area contributed by atoms with Gasteiger partial charge in [0.1, 0.15) is 11.6 Å². The summed E-state index contributed by atoms with van der Waals surface area (Å²) in [5.41, 5.74) is 4.09. The summed E-state index contributed by atoms with van der Waals surface area (Å²) in [5.74, 6) is 0.889. The summed E-state index contributed by atoms with van der Waals surface area (Å²) < 4.78 is 11.3. The Morgan fingerprint density at radius 1 is 1.16 bits per heavy atom. The molecule has 0 N–H and O–H groups in total. The van der Waals surface area contributed by atoms with Gasteiger partial charge >= 0.3 is 6.09 Å². The Balaban J connectivity index is 1.47. The van der Waals surface area contributed by atoms with Crippen LogP contribution in [0.5, 0.6) is 0 Å². The van der Waals surface area contributed by atoms with E-state index in [0.29, 0.717) is 24.7 Å². The summed E-state index contributed by atoms with van der Waals surface area (Å²) in [4.78, 5) is 33.6. The Morgan fingerprint density at radius 2 is 1.90 bits per heavy atom. The number of aromatic nitrogens is 2. The fraction of sp³-hybridized carbons (Fsp3) is 0.435. The predicted molar refractivity (Wildman–Crippen MR) is 117 cm³/mol. The highest BCUT2D eigenvalue weighted by Crippen LogP contribution is 2.32. The van der Waals surface area contributed by atoms with E-state index < -0.39 is 6.04 Å². The van der Waals surface area contributed by atoms with Crippen LogP contribution in [0, 0.1) is 4.91 Å². The van der Waals surface area contributed by atoms with Crippen molar-refractivity contribution in [2.24, 2.45) is 5.18 Å². The molecule has 3 aromatic rings.